The van der Waals surface area contributed by atoms with Crippen molar-refractivity contribution in [2.45, 2.75) is 58.6 Å². The Labute approximate surface area is 202 Å². The first-order chi connectivity index (χ1) is 16.3. The van der Waals surface area contributed by atoms with Gasteiger partial charge in [0.25, 0.3) is 0 Å². The second kappa shape index (κ2) is 9.69. The van der Waals surface area contributed by atoms with Crippen molar-refractivity contribution in [3.8, 4) is 0 Å². The minimum atomic E-state index is -9.11. The topological polar surface area (TPSA) is 78.4 Å². The maximum Gasteiger partial charge on any atom is 0.460 e. The molecule has 1 rings (SSSR count). The van der Waals surface area contributed by atoms with Gasteiger partial charge in [-0.05, 0) is 12.1 Å². The van der Waals surface area contributed by atoms with Gasteiger partial charge < -0.3 is 6.15 Å². The van der Waals surface area contributed by atoms with Crippen LogP contribution >= 0.6 is 0 Å². The third-order valence-electron chi connectivity index (χ3n) is 4.33. The fourth-order valence-corrected chi connectivity index (χ4v) is 3.14. The summed E-state index contributed by atoms with van der Waals surface area (Å²) in [5, 5.41) is 0. The lowest BCUT2D eigenvalue weighted by Gasteiger charge is -2.43. The molecule has 24 heteroatoms. The first-order valence-corrected chi connectivity index (χ1v) is 9.82. The quantitative estimate of drug-likeness (QED) is 0.217. The van der Waals surface area contributed by atoms with Crippen LogP contribution in [0.15, 0.2) is 35.2 Å². The zero-order chi connectivity index (χ0) is 30.8. The maximum absolute atomic E-state index is 13.7. The average Bonchev–Trinajstić information content (AvgIpc) is 2.71. The molecule has 0 bridgehead atoms. The molecule has 1 aromatic rings. The van der Waals surface area contributed by atoms with Gasteiger partial charge in [0.2, 0.25) is 0 Å². The highest BCUT2D eigenvalue weighted by molar-refractivity contribution is 7.86. The van der Waals surface area contributed by atoms with Crippen molar-refractivity contribution in [1.29, 1.82) is 0 Å². The lowest BCUT2D eigenvalue weighted by molar-refractivity contribution is -0.476. The Morgan fingerprint density at radius 1 is 0.462 bits per heavy atom. The Morgan fingerprint density at radius 2 is 0.744 bits per heavy atom. The van der Waals surface area contributed by atoms with Crippen LogP contribution < -0.4 is 6.15 Å². The monoisotopic (exact) mass is 643 g/mol. The minimum Gasteiger partial charge on any atom is -0.344 e. The Bertz CT molecular complexity index is 1110. The van der Waals surface area contributed by atoms with E-state index < -0.39 is 68.8 Å². The van der Waals surface area contributed by atoms with Crippen LogP contribution in [0.5, 0.6) is 0 Å². The van der Waals surface area contributed by atoms with E-state index in [-0.39, 0.29) is 18.3 Å². The largest absolute Gasteiger partial charge is 0.460 e. The molecule has 0 aliphatic carbocycles. The van der Waals surface area contributed by atoms with E-state index in [2.05, 4.69) is 4.18 Å². The Morgan fingerprint density at radius 3 is 1.05 bits per heavy atom. The first kappa shape index (κ1) is 36.8. The van der Waals surface area contributed by atoms with Crippen LogP contribution in [-0.2, 0) is 14.3 Å². The van der Waals surface area contributed by atoms with Crippen LogP contribution in [0.4, 0.5) is 83.4 Å². The summed E-state index contributed by atoms with van der Waals surface area (Å²) in [6.07, 6.45) is -15.6. The zero-order valence-corrected chi connectivity index (χ0v) is 18.2. The highest BCUT2D eigenvalue weighted by atomic mass is 32.2. The molecule has 0 aliphatic heterocycles. The van der Waals surface area contributed by atoms with Crippen LogP contribution in [0.3, 0.4) is 0 Å². The molecule has 0 radical (unpaired) electrons. The SMILES string of the molecule is N.O=S(=O)(OC(F)(F)C(F)(F)C(F)(F)C(F)(F)C(F)(F)C(F)(F)C(F)(F)C(F)(F)C(F)(F)F)c1ccccc1. The van der Waals surface area contributed by atoms with Gasteiger partial charge in [-0.15, -0.1) is 0 Å². The standard InChI is InChI=1S/C15H5F19O3S.H3N/c16-7(17,8(18,19)10(22,23)12(26,27)14(30,31)32)9(20,21)11(24,25)13(28,29)15(33,34)37-38(35,36)6-4-2-1-3-5-6;/h1-5H;1H3. The third kappa shape index (κ3) is 5.06. The van der Waals surface area contributed by atoms with Crippen molar-refractivity contribution in [3.63, 3.8) is 0 Å². The van der Waals surface area contributed by atoms with Crippen LogP contribution in [0.25, 0.3) is 0 Å². The summed E-state index contributed by atoms with van der Waals surface area (Å²) in [7, 11) is -6.42. The molecular weight excluding hydrogens is 635 g/mol. The number of halogens is 19. The van der Waals surface area contributed by atoms with E-state index in [1.165, 1.54) is 0 Å². The summed E-state index contributed by atoms with van der Waals surface area (Å²) in [6.45, 7) is 0. The lowest BCUT2D eigenvalue weighted by atomic mass is 9.88. The van der Waals surface area contributed by atoms with E-state index in [1.807, 2.05) is 0 Å². The van der Waals surface area contributed by atoms with Gasteiger partial charge in [0.15, 0.2) is 0 Å². The summed E-state index contributed by atoms with van der Waals surface area (Å²) >= 11 is 0. The Hall–Kier alpha value is -2.24. The van der Waals surface area contributed by atoms with Gasteiger partial charge in [0.1, 0.15) is 0 Å². The molecule has 0 amide bonds. The molecule has 0 atom stereocenters. The maximum atomic E-state index is 13.7. The summed E-state index contributed by atoms with van der Waals surface area (Å²) in [6, 6.07) is 2.62. The van der Waals surface area contributed by atoms with Gasteiger partial charge in [-0.25, -0.2) is 0 Å². The number of benzene rings is 1. The number of alkyl halides is 19. The summed E-state index contributed by atoms with van der Waals surface area (Å²) in [4.78, 5) is -1.61. The second-order valence-electron chi connectivity index (χ2n) is 6.89. The van der Waals surface area contributed by atoms with E-state index in [0.29, 0.717) is 12.1 Å². The predicted molar refractivity (Wildman–Crippen MR) is 85.4 cm³/mol. The molecule has 0 fully saturated rings. The fourth-order valence-electron chi connectivity index (χ4n) is 2.17. The average molecular weight is 643 g/mol. The molecule has 0 spiro atoms. The van der Waals surface area contributed by atoms with Crippen molar-refractivity contribution in [1.82, 2.24) is 6.15 Å². The van der Waals surface area contributed by atoms with Crippen molar-refractivity contribution < 1.29 is 96.0 Å². The van der Waals surface area contributed by atoms with Gasteiger partial charge in [-0.3, -0.25) is 0 Å². The van der Waals surface area contributed by atoms with Crippen LogP contribution in [0.1, 0.15) is 0 Å². The molecule has 0 aliphatic rings. The summed E-state index contributed by atoms with van der Waals surface area (Å²) in [5.74, 6) is -61.7. The Balaban J connectivity index is 0.0000144. The molecule has 1 aromatic carbocycles. The van der Waals surface area contributed by atoms with Crippen LogP contribution in [-0.4, -0.2) is 62.2 Å². The number of hydrogen-bond acceptors (Lipinski definition) is 4. The second-order valence-corrected chi connectivity index (χ2v) is 8.43. The van der Waals surface area contributed by atoms with Crippen molar-refractivity contribution in [3.05, 3.63) is 30.3 Å². The van der Waals surface area contributed by atoms with Crippen molar-refractivity contribution in [2.24, 2.45) is 0 Å². The van der Waals surface area contributed by atoms with Crippen molar-refractivity contribution in [2.75, 3.05) is 0 Å². The van der Waals surface area contributed by atoms with E-state index >= 15 is 0 Å². The highest BCUT2D eigenvalue weighted by Gasteiger charge is 2.97. The summed E-state index contributed by atoms with van der Waals surface area (Å²) in [5.41, 5.74) is 0. The number of rotatable bonds is 10. The normalized spacial score (nSPS) is 15.7. The van der Waals surface area contributed by atoms with Gasteiger partial charge in [0.05, 0.1) is 4.90 Å². The molecule has 0 heterocycles. The van der Waals surface area contributed by atoms with Gasteiger partial charge >= 0.3 is 63.9 Å². The van der Waals surface area contributed by atoms with E-state index in [4.69, 9.17) is 0 Å². The Kier molecular flexibility index (Phi) is 9.14. The molecule has 4 nitrogen and oxygen atoms in total. The molecule has 39 heavy (non-hydrogen) atoms. The molecule has 0 unspecified atom stereocenters. The van der Waals surface area contributed by atoms with Gasteiger partial charge in [-0.2, -0.15) is 96.0 Å². The molecule has 230 valence electrons. The van der Waals surface area contributed by atoms with E-state index in [1.54, 1.807) is 0 Å². The van der Waals surface area contributed by atoms with E-state index in [9.17, 15) is 91.8 Å². The van der Waals surface area contributed by atoms with Crippen LogP contribution in [0.2, 0.25) is 0 Å². The molecule has 0 aromatic heterocycles. The third-order valence-corrected chi connectivity index (χ3v) is 5.61. The molecule has 0 saturated heterocycles. The zero-order valence-electron chi connectivity index (χ0n) is 17.4. The first-order valence-electron chi connectivity index (χ1n) is 8.41. The fraction of sp³-hybridized carbons (Fsp3) is 0.600. The predicted octanol–water partition coefficient (Wildman–Crippen LogP) is 7.16. The molecule has 3 N–H and O–H groups in total. The summed E-state index contributed by atoms with van der Waals surface area (Å²) < 4.78 is 276. The molecule has 0 saturated carbocycles. The lowest BCUT2D eigenvalue weighted by Crippen LogP contribution is -2.76. The smallest absolute Gasteiger partial charge is 0.344 e. The van der Waals surface area contributed by atoms with Gasteiger partial charge in [0, 0.05) is 0 Å². The highest BCUT2D eigenvalue weighted by Crippen LogP contribution is 2.65. The van der Waals surface area contributed by atoms with E-state index in [0.717, 1.165) is 6.07 Å². The minimum absolute atomic E-state index is 0. The van der Waals surface area contributed by atoms with Gasteiger partial charge in [-0.1, -0.05) is 18.2 Å². The molecular formula is C15H8F19NO3S. The van der Waals surface area contributed by atoms with Crippen molar-refractivity contribution >= 4 is 10.1 Å². The van der Waals surface area contributed by atoms with Crippen LogP contribution in [0, 0.1) is 0 Å². The number of hydrogen-bond donors (Lipinski definition) is 1.